The summed E-state index contributed by atoms with van der Waals surface area (Å²) in [6.07, 6.45) is 1.56. The highest BCUT2D eigenvalue weighted by atomic mass is 32.2. The van der Waals surface area contributed by atoms with E-state index in [4.69, 9.17) is 5.73 Å². The quantitative estimate of drug-likeness (QED) is 0.693. The Bertz CT molecular complexity index is 495. The van der Waals surface area contributed by atoms with Crippen molar-refractivity contribution in [1.82, 2.24) is 8.61 Å². The summed E-state index contributed by atoms with van der Waals surface area (Å²) in [7, 11) is -6.57. The topological polar surface area (TPSA) is 101 Å². The minimum atomic E-state index is -3.51. The summed E-state index contributed by atoms with van der Waals surface area (Å²) in [5.74, 6) is 0.241. The molecule has 0 aromatic rings. The molecule has 0 saturated carbocycles. The molecule has 0 aliphatic carbocycles. The van der Waals surface area contributed by atoms with E-state index in [0.29, 0.717) is 25.6 Å². The standard InChI is InChI=1S/C10H21N3O4S2/c11-9-10-1-3-12(4-2-10)19(16,17)13-5-7-18(14,15)8-6-13/h10H,1-9,11H2. The van der Waals surface area contributed by atoms with Gasteiger partial charge in [-0.3, -0.25) is 0 Å². The summed E-state index contributed by atoms with van der Waals surface area (Å²) in [6, 6.07) is 0. The Morgan fingerprint density at radius 1 is 1.00 bits per heavy atom. The maximum Gasteiger partial charge on any atom is 0.282 e. The van der Waals surface area contributed by atoms with E-state index in [-0.39, 0.29) is 24.6 Å². The van der Waals surface area contributed by atoms with E-state index >= 15 is 0 Å². The molecular formula is C10H21N3O4S2. The minimum Gasteiger partial charge on any atom is -0.330 e. The molecule has 0 aromatic heterocycles. The van der Waals surface area contributed by atoms with Gasteiger partial charge in [-0.25, -0.2) is 8.42 Å². The van der Waals surface area contributed by atoms with E-state index in [2.05, 4.69) is 0 Å². The number of hydrogen-bond acceptors (Lipinski definition) is 5. The van der Waals surface area contributed by atoms with Gasteiger partial charge in [-0.05, 0) is 25.3 Å². The first kappa shape index (κ1) is 15.2. The van der Waals surface area contributed by atoms with Gasteiger partial charge in [0.25, 0.3) is 10.2 Å². The maximum atomic E-state index is 12.4. The largest absolute Gasteiger partial charge is 0.330 e. The zero-order valence-electron chi connectivity index (χ0n) is 10.9. The van der Waals surface area contributed by atoms with E-state index < -0.39 is 20.0 Å². The van der Waals surface area contributed by atoms with Crippen LogP contribution < -0.4 is 5.73 Å². The lowest BCUT2D eigenvalue weighted by atomic mass is 9.99. The summed E-state index contributed by atoms with van der Waals surface area (Å²) in [5.41, 5.74) is 5.59. The second-order valence-electron chi connectivity index (χ2n) is 5.14. The van der Waals surface area contributed by atoms with Crippen LogP contribution in [0.4, 0.5) is 0 Å². The second kappa shape index (κ2) is 5.65. The van der Waals surface area contributed by atoms with Crippen LogP contribution in [0.5, 0.6) is 0 Å². The van der Waals surface area contributed by atoms with Gasteiger partial charge in [0.1, 0.15) is 0 Å². The molecular weight excluding hydrogens is 290 g/mol. The number of hydrogen-bond donors (Lipinski definition) is 1. The first-order valence-electron chi connectivity index (χ1n) is 6.51. The lowest BCUT2D eigenvalue weighted by Gasteiger charge is -2.35. The second-order valence-corrected chi connectivity index (χ2v) is 9.37. The summed E-state index contributed by atoms with van der Waals surface area (Å²) in [4.78, 5) is 0. The third-order valence-corrected chi connectivity index (χ3v) is 7.51. The number of nitrogens with two attached hydrogens (primary N) is 1. The maximum absolute atomic E-state index is 12.4. The number of nitrogens with zero attached hydrogens (tertiary/aromatic N) is 2. The van der Waals surface area contributed by atoms with Crippen molar-refractivity contribution in [2.45, 2.75) is 12.8 Å². The van der Waals surface area contributed by atoms with Gasteiger partial charge in [0.15, 0.2) is 9.84 Å². The summed E-state index contributed by atoms with van der Waals surface area (Å²) in [5, 5.41) is 0. The molecule has 0 atom stereocenters. The predicted molar refractivity (Wildman–Crippen MR) is 72.5 cm³/mol. The molecule has 2 fully saturated rings. The summed E-state index contributed by atoms with van der Waals surface area (Å²) < 4.78 is 50.2. The average molecular weight is 311 g/mol. The number of piperidine rings is 1. The lowest BCUT2D eigenvalue weighted by molar-refractivity contribution is 0.259. The molecule has 0 bridgehead atoms. The summed E-state index contributed by atoms with van der Waals surface area (Å²) in [6.45, 7) is 1.69. The Labute approximate surface area is 114 Å². The molecule has 2 aliphatic heterocycles. The Kier molecular flexibility index (Phi) is 4.51. The third-order valence-electron chi connectivity index (χ3n) is 3.86. The SMILES string of the molecule is NCC1CCN(S(=O)(=O)N2CCS(=O)(=O)CC2)CC1. The summed E-state index contributed by atoms with van der Waals surface area (Å²) >= 11 is 0. The first-order chi connectivity index (χ1) is 8.85. The minimum absolute atomic E-state index is 0.0709. The fraction of sp³-hybridized carbons (Fsp3) is 1.00. The Balaban J connectivity index is 1.99. The molecule has 0 radical (unpaired) electrons. The highest BCUT2D eigenvalue weighted by Gasteiger charge is 2.35. The Morgan fingerprint density at radius 2 is 1.47 bits per heavy atom. The van der Waals surface area contributed by atoms with Gasteiger partial charge < -0.3 is 5.73 Å². The Hall–Kier alpha value is -0.220. The van der Waals surface area contributed by atoms with Gasteiger partial charge in [-0.1, -0.05) is 0 Å². The van der Waals surface area contributed by atoms with Crippen molar-refractivity contribution in [2.24, 2.45) is 11.7 Å². The number of rotatable bonds is 3. The molecule has 0 unspecified atom stereocenters. The van der Waals surface area contributed by atoms with Crippen molar-refractivity contribution in [3.8, 4) is 0 Å². The van der Waals surface area contributed by atoms with Crippen molar-refractivity contribution in [2.75, 3.05) is 44.2 Å². The molecule has 0 amide bonds. The molecule has 19 heavy (non-hydrogen) atoms. The fourth-order valence-electron chi connectivity index (χ4n) is 2.47. The fourth-order valence-corrected chi connectivity index (χ4v) is 5.54. The van der Waals surface area contributed by atoms with Crippen LogP contribution >= 0.6 is 0 Å². The molecule has 112 valence electrons. The average Bonchev–Trinajstić information content (AvgIpc) is 2.38. The number of sulfone groups is 1. The van der Waals surface area contributed by atoms with Crippen molar-refractivity contribution < 1.29 is 16.8 Å². The van der Waals surface area contributed by atoms with Gasteiger partial charge >= 0.3 is 0 Å². The molecule has 9 heteroatoms. The van der Waals surface area contributed by atoms with Gasteiger partial charge in [0.05, 0.1) is 11.5 Å². The zero-order chi connectivity index (χ0) is 14.1. The van der Waals surface area contributed by atoms with Crippen LogP contribution in [0, 0.1) is 5.92 Å². The van der Waals surface area contributed by atoms with Gasteiger partial charge in [0, 0.05) is 26.2 Å². The zero-order valence-corrected chi connectivity index (χ0v) is 12.5. The first-order valence-corrected chi connectivity index (χ1v) is 9.73. The predicted octanol–water partition coefficient (Wildman–Crippen LogP) is -1.37. The van der Waals surface area contributed by atoms with Crippen molar-refractivity contribution in [3.63, 3.8) is 0 Å². The molecule has 7 nitrogen and oxygen atoms in total. The molecule has 2 saturated heterocycles. The van der Waals surface area contributed by atoms with E-state index in [1.807, 2.05) is 0 Å². The van der Waals surface area contributed by atoms with Crippen LogP contribution in [0.25, 0.3) is 0 Å². The van der Waals surface area contributed by atoms with E-state index in [1.165, 1.54) is 8.61 Å². The van der Waals surface area contributed by atoms with Gasteiger partial charge in [0.2, 0.25) is 0 Å². The smallest absolute Gasteiger partial charge is 0.282 e. The normalized spacial score (nSPS) is 27.4. The van der Waals surface area contributed by atoms with Crippen molar-refractivity contribution in [3.05, 3.63) is 0 Å². The Morgan fingerprint density at radius 3 is 1.95 bits per heavy atom. The molecule has 0 aromatic carbocycles. The van der Waals surface area contributed by atoms with E-state index in [9.17, 15) is 16.8 Å². The highest BCUT2D eigenvalue weighted by molar-refractivity contribution is 7.91. The monoisotopic (exact) mass is 311 g/mol. The van der Waals surface area contributed by atoms with Crippen LogP contribution in [0.2, 0.25) is 0 Å². The van der Waals surface area contributed by atoms with Crippen LogP contribution in [0.3, 0.4) is 0 Å². The van der Waals surface area contributed by atoms with Crippen LogP contribution in [0.1, 0.15) is 12.8 Å². The molecule has 2 N–H and O–H groups in total. The lowest BCUT2D eigenvalue weighted by Crippen LogP contribution is -2.52. The van der Waals surface area contributed by atoms with Gasteiger partial charge in [-0.15, -0.1) is 0 Å². The van der Waals surface area contributed by atoms with E-state index in [0.717, 1.165) is 12.8 Å². The van der Waals surface area contributed by atoms with Crippen LogP contribution in [-0.2, 0) is 20.0 Å². The molecule has 2 aliphatic rings. The molecule has 2 heterocycles. The molecule has 2 rings (SSSR count). The van der Waals surface area contributed by atoms with Crippen molar-refractivity contribution >= 4 is 20.0 Å². The molecule has 0 spiro atoms. The highest BCUT2D eigenvalue weighted by Crippen LogP contribution is 2.21. The van der Waals surface area contributed by atoms with E-state index in [1.54, 1.807) is 0 Å². The van der Waals surface area contributed by atoms with Crippen LogP contribution in [0.15, 0.2) is 0 Å². The third kappa shape index (κ3) is 3.46. The van der Waals surface area contributed by atoms with Gasteiger partial charge in [-0.2, -0.15) is 17.0 Å². The van der Waals surface area contributed by atoms with Crippen LogP contribution in [-0.4, -0.2) is 69.7 Å². The van der Waals surface area contributed by atoms with Crippen molar-refractivity contribution in [1.29, 1.82) is 0 Å².